The van der Waals surface area contributed by atoms with Gasteiger partial charge in [0.2, 0.25) is 5.91 Å². The maximum atomic E-state index is 10.8. The third-order valence-corrected chi connectivity index (χ3v) is 2.84. The van der Waals surface area contributed by atoms with Crippen LogP contribution in [0.1, 0.15) is 6.92 Å². The first-order valence-electron chi connectivity index (χ1n) is 4.95. The second-order valence-corrected chi connectivity index (χ2v) is 4.14. The lowest BCUT2D eigenvalue weighted by molar-refractivity contribution is -0.114. The highest BCUT2D eigenvalue weighted by atomic mass is 32.2. The second kappa shape index (κ2) is 5.01. The van der Waals surface area contributed by atoms with Crippen molar-refractivity contribution >= 4 is 23.7 Å². The minimum Gasteiger partial charge on any atom is -0.403 e. The summed E-state index contributed by atoms with van der Waals surface area (Å²) in [5, 5.41) is 10.1. The number of anilines is 1. The number of hydrogen-bond acceptors (Lipinski definition) is 5. The lowest BCUT2D eigenvalue weighted by Gasteiger charge is -2.01. The van der Waals surface area contributed by atoms with Crippen LogP contribution in [0.3, 0.4) is 0 Å². The van der Waals surface area contributed by atoms with E-state index in [1.54, 1.807) is 11.8 Å². The summed E-state index contributed by atoms with van der Waals surface area (Å²) in [4.78, 5) is 11.9. The maximum Gasteiger partial charge on any atom is 0.322 e. The summed E-state index contributed by atoms with van der Waals surface area (Å²) in [6.45, 7) is 1.39. The number of carbonyl (C=O) groups is 1. The van der Waals surface area contributed by atoms with Crippen LogP contribution in [0.5, 0.6) is 0 Å². The predicted octanol–water partition coefficient (Wildman–Crippen LogP) is 2.42. The molecule has 0 aliphatic carbocycles. The molecule has 0 spiro atoms. The smallest absolute Gasteiger partial charge is 0.322 e. The van der Waals surface area contributed by atoms with E-state index in [4.69, 9.17) is 4.42 Å². The first kappa shape index (κ1) is 11.7. The average Bonchev–Trinajstić information content (AvgIpc) is 2.76. The fourth-order valence-electron chi connectivity index (χ4n) is 1.35. The van der Waals surface area contributed by atoms with E-state index in [-0.39, 0.29) is 11.9 Å². The molecule has 5 nitrogen and oxygen atoms in total. The Bertz CT molecular complexity index is 539. The number of nitrogens with zero attached hydrogens (tertiary/aromatic N) is 2. The minimum absolute atomic E-state index is 0.114. The van der Waals surface area contributed by atoms with E-state index in [1.165, 1.54) is 6.92 Å². The van der Waals surface area contributed by atoms with E-state index >= 15 is 0 Å². The van der Waals surface area contributed by atoms with Crippen molar-refractivity contribution in [1.82, 2.24) is 10.2 Å². The molecule has 0 saturated carbocycles. The van der Waals surface area contributed by atoms with Gasteiger partial charge in [-0.15, -0.1) is 16.9 Å². The van der Waals surface area contributed by atoms with Crippen molar-refractivity contribution in [2.45, 2.75) is 11.8 Å². The number of rotatable bonds is 3. The first-order chi connectivity index (χ1) is 8.20. The molecular weight excluding hydrogens is 238 g/mol. The summed E-state index contributed by atoms with van der Waals surface area (Å²) in [5.41, 5.74) is 0.865. The van der Waals surface area contributed by atoms with Gasteiger partial charge in [0.05, 0.1) is 5.56 Å². The van der Waals surface area contributed by atoms with Crippen LogP contribution in [0.15, 0.2) is 33.6 Å². The molecule has 0 atom stereocenters. The quantitative estimate of drug-likeness (QED) is 0.846. The van der Waals surface area contributed by atoms with Gasteiger partial charge in [0.1, 0.15) is 0 Å². The van der Waals surface area contributed by atoms with Crippen molar-refractivity contribution < 1.29 is 9.21 Å². The number of nitrogens with one attached hydrogen (secondary N) is 1. The predicted molar refractivity (Wildman–Crippen MR) is 65.8 cm³/mol. The number of thioether (sulfide) groups is 1. The fraction of sp³-hybridized carbons (Fsp3) is 0.182. The van der Waals surface area contributed by atoms with E-state index in [0.29, 0.717) is 5.89 Å². The van der Waals surface area contributed by atoms with E-state index < -0.39 is 0 Å². The van der Waals surface area contributed by atoms with Crippen LogP contribution in [-0.4, -0.2) is 22.4 Å². The molecule has 2 rings (SSSR count). The molecule has 1 amide bonds. The van der Waals surface area contributed by atoms with Gasteiger partial charge in [0, 0.05) is 11.8 Å². The Kier molecular flexibility index (Phi) is 3.43. The third-order valence-electron chi connectivity index (χ3n) is 2.05. The zero-order valence-electron chi connectivity index (χ0n) is 9.43. The summed E-state index contributed by atoms with van der Waals surface area (Å²) in [7, 11) is 0. The van der Waals surface area contributed by atoms with Gasteiger partial charge in [0.15, 0.2) is 0 Å². The molecule has 1 N–H and O–H groups in total. The monoisotopic (exact) mass is 249 g/mol. The molecule has 88 valence electrons. The number of hydrogen-bond donors (Lipinski definition) is 1. The highest BCUT2D eigenvalue weighted by Gasteiger charge is 2.12. The number of carbonyl (C=O) groups excluding carboxylic acids is 1. The van der Waals surface area contributed by atoms with Crippen LogP contribution in [-0.2, 0) is 4.79 Å². The van der Waals surface area contributed by atoms with Crippen molar-refractivity contribution in [3.63, 3.8) is 0 Å². The lowest BCUT2D eigenvalue weighted by Crippen LogP contribution is -2.05. The van der Waals surface area contributed by atoms with Gasteiger partial charge < -0.3 is 4.42 Å². The average molecular weight is 249 g/mol. The zero-order chi connectivity index (χ0) is 12.3. The molecule has 0 radical (unpaired) electrons. The van der Waals surface area contributed by atoms with Crippen LogP contribution in [0.4, 0.5) is 6.01 Å². The van der Waals surface area contributed by atoms with Crippen LogP contribution in [0.25, 0.3) is 11.5 Å². The Morgan fingerprint density at radius 1 is 1.35 bits per heavy atom. The van der Waals surface area contributed by atoms with Crippen LogP contribution >= 0.6 is 11.8 Å². The fourth-order valence-corrected chi connectivity index (χ4v) is 1.94. The molecule has 17 heavy (non-hydrogen) atoms. The van der Waals surface area contributed by atoms with Crippen molar-refractivity contribution in [3.05, 3.63) is 24.3 Å². The SMILES string of the molecule is CSc1ccccc1-c1nnc(NC(C)=O)o1. The molecule has 1 aromatic heterocycles. The van der Waals surface area contributed by atoms with Gasteiger partial charge in [-0.05, 0) is 18.4 Å². The van der Waals surface area contributed by atoms with Crippen molar-refractivity contribution in [2.24, 2.45) is 0 Å². The largest absolute Gasteiger partial charge is 0.403 e. The van der Waals surface area contributed by atoms with Crippen LogP contribution in [0.2, 0.25) is 0 Å². The summed E-state index contributed by atoms with van der Waals surface area (Å²) >= 11 is 1.60. The molecule has 6 heteroatoms. The van der Waals surface area contributed by atoms with Crippen LogP contribution < -0.4 is 5.32 Å². The van der Waals surface area contributed by atoms with Crippen molar-refractivity contribution in [1.29, 1.82) is 0 Å². The summed E-state index contributed by atoms with van der Waals surface area (Å²) < 4.78 is 5.36. The molecule has 1 aromatic carbocycles. The first-order valence-corrected chi connectivity index (χ1v) is 6.17. The third kappa shape index (κ3) is 2.65. The highest BCUT2D eigenvalue weighted by molar-refractivity contribution is 7.98. The highest BCUT2D eigenvalue weighted by Crippen LogP contribution is 2.29. The molecule has 0 aliphatic heterocycles. The normalized spacial score (nSPS) is 10.2. The van der Waals surface area contributed by atoms with Crippen LogP contribution in [0, 0.1) is 0 Å². The second-order valence-electron chi connectivity index (χ2n) is 3.29. The minimum atomic E-state index is -0.238. The molecule has 0 aliphatic rings. The van der Waals surface area contributed by atoms with Gasteiger partial charge in [-0.2, -0.15) is 0 Å². The molecule has 0 fully saturated rings. The standard InChI is InChI=1S/C11H11N3O2S/c1-7(15)12-11-14-13-10(16-11)8-5-3-4-6-9(8)17-2/h3-6H,1-2H3,(H,12,14,15). The van der Waals surface area contributed by atoms with Gasteiger partial charge in [-0.1, -0.05) is 17.2 Å². The van der Waals surface area contributed by atoms with E-state index in [9.17, 15) is 4.79 Å². The van der Waals surface area contributed by atoms with E-state index in [1.807, 2.05) is 30.5 Å². The Morgan fingerprint density at radius 2 is 2.12 bits per heavy atom. The zero-order valence-corrected chi connectivity index (χ0v) is 10.2. The molecule has 1 heterocycles. The van der Waals surface area contributed by atoms with Gasteiger partial charge in [-0.3, -0.25) is 10.1 Å². The van der Waals surface area contributed by atoms with E-state index in [0.717, 1.165) is 10.5 Å². The van der Waals surface area contributed by atoms with Crippen molar-refractivity contribution in [2.75, 3.05) is 11.6 Å². The molecule has 0 unspecified atom stereocenters. The van der Waals surface area contributed by atoms with Crippen molar-refractivity contribution in [3.8, 4) is 11.5 Å². The summed E-state index contributed by atoms with van der Waals surface area (Å²) in [6, 6.07) is 7.83. The Balaban J connectivity index is 2.33. The summed E-state index contributed by atoms with van der Waals surface area (Å²) in [6.07, 6.45) is 1.98. The number of amides is 1. The van der Waals surface area contributed by atoms with Gasteiger partial charge >= 0.3 is 6.01 Å². The molecule has 0 saturated heterocycles. The summed E-state index contributed by atoms with van der Waals surface area (Å²) in [5.74, 6) is 0.164. The Hall–Kier alpha value is -1.82. The Labute approximate surface area is 103 Å². The van der Waals surface area contributed by atoms with Gasteiger partial charge in [-0.25, -0.2) is 0 Å². The van der Waals surface area contributed by atoms with E-state index in [2.05, 4.69) is 15.5 Å². The van der Waals surface area contributed by atoms with Gasteiger partial charge in [0.25, 0.3) is 5.89 Å². The maximum absolute atomic E-state index is 10.8. The molecule has 0 bridgehead atoms. The molecular formula is C11H11N3O2S. The molecule has 2 aromatic rings. The number of benzene rings is 1. The topological polar surface area (TPSA) is 68.0 Å². The Morgan fingerprint density at radius 3 is 2.82 bits per heavy atom. The lowest BCUT2D eigenvalue weighted by atomic mass is 10.2. The number of aromatic nitrogens is 2.